The van der Waals surface area contributed by atoms with Crippen LogP contribution in [0, 0.1) is 12.7 Å². The molecule has 0 aromatic heterocycles. The van der Waals surface area contributed by atoms with Crippen LogP contribution in [0.1, 0.15) is 19.4 Å². The first-order valence-corrected chi connectivity index (χ1v) is 5.28. The van der Waals surface area contributed by atoms with Crippen LogP contribution in [-0.2, 0) is 4.79 Å². The predicted molar refractivity (Wildman–Crippen MR) is 62.9 cm³/mol. The number of carbonyl (C=O) groups is 1. The fraction of sp³-hybridized carbons (Fsp3) is 0.417. The van der Waals surface area contributed by atoms with Crippen molar-refractivity contribution in [2.24, 2.45) is 0 Å². The summed E-state index contributed by atoms with van der Waals surface area (Å²) in [5.41, 5.74) is 1.14. The number of carbonyl (C=O) groups excluding carboxylic acids is 1. The Morgan fingerprint density at radius 2 is 2.12 bits per heavy atom. The second kappa shape index (κ2) is 5.61. The molecule has 0 spiro atoms. The van der Waals surface area contributed by atoms with E-state index in [1.165, 1.54) is 6.07 Å². The minimum absolute atomic E-state index is 0.186. The minimum atomic E-state index is -0.413. The molecule has 3 nitrogen and oxygen atoms in total. The molecule has 0 aliphatic carbocycles. The van der Waals surface area contributed by atoms with Crippen LogP contribution in [0.3, 0.4) is 0 Å². The van der Waals surface area contributed by atoms with Crippen molar-refractivity contribution in [2.45, 2.75) is 26.8 Å². The van der Waals surface area contributed by atoms with Gasteiger partial charge in [-0.25, -0.2) is 4.39 Å². The van der Waals surface area contributed by atoms with Crippen molar-refractivity contribution in [3.63, 3.8) is 0 Å². The summed E-state index contributed by atoms with van der Waals surface area (Å²) in [4.78, 5) is 11.4. The minimum Gasteiger partial charge on any atom is -0.322 e. The van der Waals surface area contributed by atoms with E-state index in [0.717, 1.165) is 5.56 Å². The summed E-state index contributed by atoms with van der Waals surface area (Å²) in [6.45, 7) is 5.92. The summed E-state index contributed by atoms with van der Waals surface area (Å²) < 4.78 is 13.3. The number of amides is 1. The number of nitrogens with one attached hydrogen (secondary N) is 2. The van der Waals surface area contributed by atoms with Gasteiger partial charge in [0.25, 0.3) is 0 Å². The molecule has 0 unspecified atom stereocenters. The average Bonchev–Trinajstić information content (AvgIpc) is 2.20. The fourth-order valence-corrected chi connectivity index (χ4v) is 1.23. The van der Waals surface area contributed by atoms with Gasteiger partial charge in [-0.2, -0.15) is 0 Å². The number of halogens is 1. The third kappa shape index (κ3) is 3.98. The average molecular weight is 224 g/mol. The molecule has 2 N–H and O–H groups in total. The zero-order valence-corrected chi connectivity index (χ0v) is 9.80. The maximum Gasteiger partial charge on any atom is 0.238 e. The van der Waals surface area contributed by atoms with Crippen LogP contribution in [0.15, 0.2) is 18.2 Å². The van der Waals surface area contributed by atoms with E-state index >= 15 is 0 Å². The molecule has 1 rings (SSSR count). The number of anilines is 1. The van der Waals surface area contributed by atoms with E-state index in [4.69, 9.17) is 0 Å². The lowest BCUT2D eigenvalue weighted by molar-refractivity contribution is -0.115. The summed E-state index contributed by atoms with van der Waals surface area (Å²) in [6.07, 6.45) is 0. The molecule has 4 heteroatoms. The van der Waals surface area contributed by atoms with E-state index in [0.29, 0.717) is 0 Å². The zero-order chi connectivity index (χ0) is 12.1. The smallest absolute Gasteiger partial charge is 0.238 e. The standard InChI is InChI=1S/C12H17FN2O/c1-8(2)14-7-12(16)15-11-6-9(3)4-5-10(11)13/h4-6,8,14H,7H2,1-3H3,(H,15,16). The summed E-state index contributed by atoms with van der Waals surface area (Å²) in [7, 11) is 0. The Hall–Kier alpha value is -1.42. The van der Waals surface area contributed by atoms with Crippen LogP contribution in [0.4, 0.5) is 10.1 Å². The number of hydrogen-bond acceptors (Lipinski definition) is 2. The molecule has 16 heavy (non-hydrogen) atoms. The topological polar surface area (TPSA) is 41.1 Å². The highest BCUT2D eigenvalue weighted by atomic mass is 19.1. The molecule has 0 fully saturated rings. The van der Waals surface area contributed by atoms with Crippen molar-refractivity contribution in [1.82, 2.24) is 5.32 Å². The van der Waals surface area contributed by atoms with Gasteiger partial charge in [-0.15, -0.1) is 0 Å². The van der Waals surface area contributed by atoms with Crippen LogP contribution in [0.25, 0.3) is 0 Å². The molecule has 0 saturated carbocycles. The van der Waals surface area contributed by atoms with Crippen molar-refractivity contribution in [3.05, 3.63) is 29.6 Å². The summed E-state index contributed by atoms with van der Waals surface area (Å²) >= 11 is 0. The maximum absolute atomic E-state index is 13.3. The van der Waals surface area contributed by atoms with E-state index in [9.17, 15) is 9.18 Å². The van der Waals surface area contributed by atoms with Gasteiger partial charge >= 0.3 is 0 Å². The van der Waals surface area contributed by atoms with Gasteiger partial charge in [-0.3, -0.25) is 4.79 Å². The molecule has 1 amide bonds. The van der Waals surface area contributed by atoms with Crippen LogP contribution in [-0.4, -0.2) is 18.5 Å². The molecule has 1 aromatic carbocycles. The van der Waals surface area contributed by atoms with Crippen molar-refractivity contribution >= 4 is 11.6 Å². The van der Waals surface area contributed by atoms with Crippen LogP contribution in [0.5, 0.6) is 0 Å². The molecular formula is C12H17FN2O. The van der Waals surface area contributed by atoms with Gasteiger partial charge in [0.05, 0.1) is 12.2 Å². The number of aryl methyl sites for hydroxylation is 1. The Morgan fingerprint density at radius 3 is 2.75 bits per heavy atom. The third-order valence-electron chi connectivity index (χ3n) is 2.07. The van der Waals surface area contributed by atoms with Gasteiger partial charge in [-0.05, 0) is 24.6 Å². The molecular weight excluding hydrogens is 207 g/mol. The molecule has 0 saturated heterocycles. The third-order valence-corrected chi connectivity index (χ3v) is 2.07. The largest absolute Gasteiger partial charge is 0.322 e. The van der Waals surface area contributed by atoms with Crippen molar-refractivity contribution in [1.29, 1.82) is 0 Å². The Kier molecular flexibility index (Phi) is 4.43. The lowest BCUT2D eigenvalue weighted by Crippen LogP contribution is -2.32. The lowest BCUT2D eigenvalue weighted by Gasteiger charge is -2.10. The Labute approximate surface area is 95.0 Å². The highest BCUT2D eigenvalue weighted by Crippen LogP contribution is 2.15. The summed E-state index contributed by atoms with van der Waals surface area (Å²) in [5.74, 6) is -0.651. The second-order valence-electron chi connectivity index (χ2n) is 4.07. The Balaban J connectivity index is 2.59. The lowest BCUT2D eigenvalue weighted by atomic mass is 10.2. The molecule has 88 valence electrons. The zero-order valence-electron chi connectivity index (χ0n) is 9.80. The van der Waals surface area contributed by atoms with Gasteiger partial charge in [0.2, 0.25) is 5.91 Å². The molecule has 1 aromatic rings. The highest BCUT2D eigenvalue weighted by Gasteiger charge is 2.07. The Bertz CT molecular complexity index is 377. The van der Waals surface area contributed by atoms with E-state index in [1.54, 1.807) is 12.1 Å². The predicted octanol–water partition coefficient (Wildman–Crippen LogP) is 2.07. The van der Waals surface area contributed by atoms with Crippen molar-refractivity contribution in [2.75, 3.05) is 11.9 Å². The van der Waals surface area contributed by atoms with Crippen molar-refractivity contribution < 1.29 is 9.18 Å². The maximum atomic E-state index is 13.3. The summed E-state index contributed by atoms with van der Waals surface area (Å²) in [5, 5.41) is 5.50. The fourth-order valence-electron chi connectivity index (χ4n) is 1.23. The first-order valence-electron chi connectivity index (χ1n) is 5.28. The second-order valence-corrected chi connectivity index (χ2v) is 4.07. The van der Waals surface area contributed by atoms with Gasteiger partial charge in [0, 0.05) is 6.04 Å². The van der Waals surface area contributed by atoms with Crippen LogP contribution < -0.4 is 10.6 Å². The monoisotopic (exact) mass is 224 g/mol. The van der Waals surface area contributed by atoms with Crippen LogP contribution >= 0.6 is 0 Å². The molecule has 0 aliphatic rings. The van der Waals surface area contributed by atoms with Gasteiger partial charge in [0.15, 0.2) is 0 Å². The molecule has 0 atom stereocenters. The van der Waals surface area contributed by atoms with Gasteiger partial charge < -0.3 is 10.6 Å². The molecule has 0 heterocycles. The highest BCUT2D eigenvalue weighted by molar-refractivity contribution is 5.92. The summed E-state index contributed by atoms with van der Waals surface area (Å²) in [6, 6.07) is 4.86. The van der Waals surface area contributed by atoms with Gasteiger partial charge in [0.1, 0.15) is 5.82 Å². The van der Waals surface area contributed by atoms with Gasteiger partial charge in [-0.1, -0.05) is 19.9 Å². The van der Waals surface area contributed by atoms with E-state index in [-0.39, 0.29) is 24.2 Å². The normalized spacial score (nSPS) is 10.6. The van der Waals surface area contributed by atoms with Crippen molar-refractivity contribution in [3.8, 4) is 0 Å². The van der Waals surface area contributed by atoms with E-state index in [2.05, 4.69) is 10.6 Å². The first-order chi connectivity index (χ1) is 7.49. The number of rotatable bonds is 4. The van der Waals surface area contributed by atoms with E-state index < -0.39 is 5.82 Å². The quantitative estimate of drug-likeness (QED) is 0.822. The number of hydrogen-bond donors (Lipinski definition) is 2. The Morgan fingerprint density at radius 1 is 1.44 bits per heavy atom. The first kappa shape index (κ1) is 12.6. The molecule has 0 bridgehead atoms. The van der Waals surface area contributed by atoms with E-state index in [1.807, 2.05) is 20.8 Å². The SMILES string of the molecule is Cc1ccc(F)c(NC(=O)CNC(C)C)c1. The van der Waals surface area contributed by atoms with Crippen LogP contribution in [0.2, 0.25) is 0 Å². The number of benzene rings is 1. The molecule has 0 radical (unpaired) electrons. The molecule has 0 aliphatic heterocycles.